The zero-order chi connectivity index (χ0) is 16.4. The number of rotatable bonds is 2. The van der Waals surface area contributed by atoms with Crippen LogP contribution in [0.4, 0.5) is 0 Å². The van der Waals surface area contributed by atoms with Gasteiger partial charge in [-0.15, -0.1) is 6.58 Å². The smallest absolute Gasteiger partial charge is 0.106 e. The van der Waals surface area contributed by atoms with Crippen molar-refractivity contribution in [3.63, 3.8) is 0 Å². The molecule has 0 amide bonds. The molecule has 3 rings (SSSR count). The number of fused-ring (bicyclic) bond motifs is 3. The van der Waals surface area contributed by atoms with Crippen LogP contribution in [0.3, 0.4) is 0 Å². The Morgan fingerprint density at radius 3 is 2.55 bits per heavy atom. The predicted octanol–water partition coefficient (Wildman–Crippen LogP) is 3.51. The van der Waals surface area contributed by atoms with Gasteiger partial charge in [0.05, 0.1) is 11.7 Å². The van der Waals surface area contributed by atoms with Gasteiger partial charge in [0, 0.05) is 23.5 Å². The maximum atomic E-state index is 10.6. The molecule has 0 radical (unpaired) electrons. The van der Waals surface area contributed by atoms with E-state index in [0.29, 0.717) is 5.92 Å². The van der Waals surface area contributed by atoms with Gasteiger partial charge in [0.25, 0.3) is 0 Å². The average molecular weight is 307 g/mol. The van der Waals surface area contributed by atoms with E-state index >= 15 is 0 Å². The molecule has 3 heterocycles. The van der Waals surface area contributed by atoms with E-state index in [4.69, 9.17) is 4.74 Å². The lowest BCUT2D eigenvalue weighted by Gasteiger charge is -2.62. The highest BCUT2D eigenvalue weighted by molar-refractivity contribution is 5.16. The van der Waals surface area contributed by atoms with Gasteiger partial charge >= 0.3 is 0 Å². The molecule has 3 fully saturated rings. The zero-order valence-corrected chi connectivity index (χ0v) is 15.0. The SMILES string of the molecule is C=CC(C)(O)[C@H]1C[C@@H]2C3(C)CCCC(C)(C)N3CC[C@@]2(C)O1. The first-order valence-electron chi connectivity index (χ1n) is 8.87. The Balaban J connectivity index is 1.94. The van der Waals surface area contributed by atoms with Gasteiger partial charge in [0.1, 0.15) is 5.60 Å². The predicted molar refractivity (Wildman–Crippen MR) is 89.9 cm³/mol. The Hall–Kier alpha value is -0.380. The molecule has 22 heavy (non-hydrogen) atoms. The van der Waals surface area contributed by atoms with Crippen molar-refractivity contribution in [3.8, 4) is 0 Å². The fourth-order valence-electron chi connectivity index (χ4n) is 5.65. The Bertz CT molecular complexity index is 472. The molecular weight excluding hydrogens is 274 g/mol. The van der Waals surface area contributed by atoms with E-state index in [0.717, 1.165) is 19.4 Å². The molecule has 126 valence electrons. The van der Waals surface area contributed by atoms with Crippen LogP contribution in [-0.4, -0.2) is 44.9 Å². The summed E-state index contributed by atoms with van der Waals surface area (Å²) in [5, 5.41) is 10.6. The first kappa shape index (κ1) is 16.5. The maximum Gasteiger partial charge on any atom is 0.106 e. The fraction of sp³-hybridized carbons (Fsp3) is 0.895. The summed E-state index contributed by atoms with van der Waals surface area (Å²) in [6.45, 7) is 16.2. The third-order valence-electron chi connectivity index (χ3n) is 7.06. The second-order valence-electron chi connectivity index (χ2n) is 9.06. The molecule has 0 aromatic carbocycles. The summed E-state index contributed by atoms with van der Waals surface area (Å²) in [5.41, 5.74) is -0.601. The fourth-order valence-corrected chi connectivity index (χ4v) is 5.65. The monoisotopic (exact) mass is 307 g/mol. The molecule has 3 nitrogen and oxygen atoms in total. The van der Waals surface area contributed by atoms with Crippen LogP contribution in [0.15, 0.2) is 12.7 Å². The van der Waals surface area contributed by atoms with E-state index in [1.54, 1.807) is 6.08 Å². The molecule has 1 N–H and O–H groups in total. The molecule has 0 spiro atoms. The third kappa shape index (κ3) is 2.20. The summed E-state index contributed by atoms with van der Waals surface area (Å²) in [6, 6.07) is 0. The molecule has 5 atom stereocenters. The number of nitrogens with zero attached hydrogens (tertiary/aromatic N) is 1. The van der Waals surface area contributed by atoms with Crippen molar-refractivity contribution in [1.29, 1.82) is 0 Å². The molecule has 3 aliphatic rings. The largest absolute Gasteiger partial charge is 0.383 e. The number of hydrogen-bond donors (Lipinski definition) is 1. The molecule has 0 aromatic heterocycles. The lowest BCUT2D eigenvalue weighted by Crippen LogP contribution is -2.69. The molecule has 3 aliphatic heterocycles. The van der Waals surface area contributed by atoms with Crippen LogP contribution >= 0.6 is 0 Å². The topological polar surface area (TPSA) is 32.7 Å². The number of ether oxygens (including phenoxy) is 1. The van der Waals surface area contributed by atoms with Crippen molar-refractivity contribution >= 4 is 0 Å². The van der Waals surface area contributed by atoms with Gasteiger partial charge in [0.15, 0.2) is 0 Å². The van der Waals surface area contributed by atoms with Gasteiger partial charge in [-0.05, 0) is 66.7 Å². The lowest BCUT2D eigenvalue weighted by molar-refractivity contribution is -0.175. The minimum atomic E-state index is -0.939. The third-order valence-corrected chi connectivity index (χ3v) is 7.06. The average Bonchev–Trinajstić information content (AvgIpc) is 2.78. The second-order valence-corrected chi connectivity index (χ2v) is 9.06. The second kappa shape index (κ2) is 4.81. The molecule has 0 bridgehead atoms. The molecule has 3 saturated heterocycles. The number of aliphatic hydroxyl groups is 1. The van der Waals surface area contributed by atoms with Gasteiger partial charge in [0.2, 0.25) is 0 Å². The summed E-state index contributed by atoms with van der Waals surface area (Å²) in [7, 11) is 0. The summed E-state index contributed by atoms with van der Waals surface area (Å²) in [6.07, 6.45) is 7.29. The standard InChI is InChI=1S/C19H33NO2/c1-7-18(5,21)15-13-14-17(4)10-8-9-16(2,3)20(17)12-11-19(14,6)22-15/h7,14-15,21H,1,8-13H2,2-6H3/t14-,15-,17?,18?,19-/m1/s1. The normalized spacial score (nSPS) is 47.4. The van der Waals surface area contributed by atoms with E-state index < -0.39 is 5.60 Å². The van der Waals surface area contributed by atoms with Gasteiger partial charge in [-0.2, -0.15) is 0 Å². The first-order valence-corrected chi connectivity index (χ1v) is 8.87. The van der Waals surface area contributed by atoms with Crippen molar-refractivity contribution in [3.05, 3.63) is 12.7 Å². The minimum Gasteiger partial charge on any atom is -0.383 e. The van der Waals surface area contributed by atoms with Crippen LogP contribution in [0, 0.1) is 5.92 Å². The van der Waals surface area contributed by atoms with Crippen molar-refractivity contribution in [2.45, 2.75) is 95.1 Å². The van der Waals surface area contributed by atoms with Crippen LogP contribution in [0.5, 0.6) is 0 Å². The molecule has 0 aliphatic carbocycles. The molecule has 0 saturated carbocycles. The maximum absolute atomic E-state index is 10.6. The zero-order valence-electron chi connectivity index (χ0n) is 15.0. The highest BCUT2D eigenvalue weighted by atomic mass is 16.5. The van der Waals surface area contributed by atoms with Crippen LogP contribution in [0.2, 0.25) is 0 Å². The van der Waals surface area contributed by atoms with E-state index in [9.17, 15) is 5.11 Å². The first-order chi connectivity index (χ1) is 10.1. The number of hydrogen-bond acceptors (Lipinski definition) is 3. The van der Waals surface area contributed by atoms with E-state index in [-0.39, 0.29) is 22.8 Å². The van der Waals surface area contributed by atoms with Gasteiger partial charge in [-0.3, -0.25) is 4.90 Å². The van der Waals surface area contributed by atoms with Crippen LogP contribution in [0.1, 0.15) is 66.7 Å². The summed E-state index contributed by atoms with van der Waals surface area (Å²) in [4.78, 5) is 2.74. The summed E-state index contributed by atoms with van der Waals surface area (Å²) >= 11 is 0. The van der Waals surface area contributed by atoms with E-state index in [1.165, 1.54) is 19.3 Å². The Kier molecular flexibility index (Phi) is 3.60. The number of piperidine rings is 2. The molecule has 2 unspecified atom stereocenters. The minimum absolute atomic E-state index is 0.115. The quantitative estimate of drug-likeness (QED) is 0.792. The van der Waals surface area contributed by atoms with Crippen LogP contribution in [0.25, 0.3) is 0 Å². The highest BCUT2D eigenvalue weighted by Gasteiger charge is 2.62. The molecule has 0 aromatic rings. The van der Waals surface area contributed by atoms with Gasteiger partial charge in [-0.25, -0.2) is 0 Å². The summed E-state index contributed by atoms with van der Waals surface area (Å²) in [5.74, 6) is 0.477. The molecule has 3 heteroatoms. The van der Waals surface area contributed by atoms with Crippen molar-refractivity contribution in [2.75, 3.05) is 6.54 Å². The van der Waals surface area contributed by atoms with Crippen molar-refractivity contribution in [2.24, 2.45) is 5.92 Å². The van der Waals surface area contributed by atoms with E-state index in [1.807, 2.05) is 6.92 Å². The van der Waals surface area contributed by atoms with Crippen molar-refractivity contribution in [1.82, 2.24) is 4.90 Å². The highest BCUT2D eigenvalue weighted by Crippen LogP contribution is 2.56. The van der Waals surface area contributed by atoms with E-state index in [2.05, 4.69) is 39.2 Å². The Morgan fingerprint density at radius 1 is 1.23 bits per heavy atom. The van der Waals surface area contributed by atoms with Crippen LogP contribution in [-0.2, 0) is 4.74 Å². The Morgan fingerprint density at radius 2 is 1.91 bits per heavy atom. The van der Waals surface area contributed by atoms with Gasteiger partial charge < -0.3 is 9.84 Å². The van der Waals surface area contributed by atoms with Gasteiger partial charge in [-0.1, -0.05) is 6.08 Å². The Labute approximate surface area is 135 Å². The van der Waals surface area contributed by atoms with Crippen molar-refractivity contribution < 1.29 is 9.84 Å². The lowest BCUT2D eigenvalue weighted by atomic mass is 9.62. The summed E-state index contributed by atoms with van der Waals surface area (Å²) < 4.78 is 6.44. The van der Waals surface area contributed by atoms with Crippen LogP contribution < -0.4 is 0 Å². The molecular formula is C19H33NO2.